The SMILES string of the molecule is CCn1ccnc1C(=O)/C=C/c1ccc(N)cc1. The number of carbonyl (C=O) groups is 1. The van der Waals surface area contributed by atoms with Gasteiger partial charge in [0.15, 0.2) is 5.82 Å². The summed E-state index contributed by atoms with van der Waals surface area (Å²) >= 11 is 0. The minimum atomic E-state index is -0.0984. The number of nitrogens with two attached hydrogens (primary N) is 1. The van der Waals surface area contributed by atoms with E-state index in [2.05, 4.69) is 4.98 Å². The van der Waals surface area contributed by atoms with Gasteiger partial charge in [-0.15, -0.1) is 0 Å². The molecule has 92 valence electrons. The molecule has 0 saturated carbocycles. The fourth-order valence-electron chi connectivity index (χ4n) is 1.64. The number of aromatic nitrogens is 2. The molecule has 0 radical (unpaired) electrons. The number of nitrogens with zero attached hydrogens (tertiary/aromatic N) is 2. The lowest BCUT2D eigenvalue weighted by atomic mass is 10.2. The molecule has 0 atom stereocenters. The van der Waals surface area contributed by atoms with Gasteiger partial charge in [0.25, 0.3) is 0 Å². The Labute approximate surface area is 106 Å². The van der Waals surface area contributed by atoms with Gasteiger partial charge in [0, 0.05) is 24.6 Å². The summed E-state index contributed by atoms with van der Waals surface area (Å²) in [5.74, 6) is 0.364. The quantitative estimate of drug-likeness (QED) is 0.508. The van der Waals surface area contributed by atoms with Crippen molar-refractivity contribution < 1.29 is 4.79 Å². The van der Waals surface area contributed by atoms with Crippen molar-refractivity contribution in [2.24, 2.45) is 0 Å². The second-order valence-corrected chi connectivity index (χ2v) is 3.90. The summed E-state index contributed by atoms with van der Waals surface area (Å²) in [5.41, 5.74) is 7.24. The molecule has 0 spiro atoms. The zero-order chi connectivity index (χ0) is 13.0. The minimum Gasteiger partial charge on any atom is -0.399 e. The van der Waals surface area contributed by atoms with E-state index in [-0.39, 0.29) is 5.78 Å². The molecule has 1 aromatic carbocycles. The average molecular weight is 241 g/mol. The molecule has 0 aliphatic heterocycles. The van der Waals surface area contributed by atoms with Crippen LogP contribution in [0.15, 0.2) is 42.7 Å². The van der Waals surface area contributed by atoms with E-state index in [4.69, 9.17) is 5.73 Å². The van der Waals surface area contributed by atoms with Crippen molar-refractivity contribution in [3.63, 3.8) is 0 Å². The third-order valence-corrected chi connectivity index (χ3v) is 2.64. The Balaban J connectivity index is 2.14. The largest absolute Gasteiger partial charge is 0.399 e. The Morgan fingerprint density at radius 3 is 2.78 bits per heavy atom. The van der Waals surface area contributed by atoms with Gasteiger partial charge in [-0.3, -0.25) is 4.79 Å². The van der Waals surface area contributed by atoms with Crippen LogP contribution in [-0.2, 0) is 6.54 Å². The first-order valence-corrected chi connectivity index (χ1v) is 5.80. The molecule has 0 amide bonds. The van der Waals surface area contributed by atoms with Crippen molar-refractivity contribution in [2.45, 2.75) is 13.5 Å². The number of hydrogen-bond donors (Lipinski definition) is 1. The van der Waals surface area contributed by atoms with Gasteiger partial charge in [0.05, 0.1) is 0 Å². The molecule has 1 heterocycles. The monoisotopic (exact) mass is 241 g/mol. The van der Waals surface area contributed by atoms with Crippen LogP contribution in [0.4, 0.5) is 5.69 Å². The summed E-state index contributed by atoms with van der Waals surface area (Å²) in [6.07, 6.45) is 6.72. The maximum Gasteiger partial charge on any atom is 0.221 e. The van der Waals surface area contributed by atoms with Crippen molar-refractivity contribution in [2.75, 3.05) is 5.73 Å². The Morgan fingerprint density at radius 1 is 1.39 bits per heavy atom. The van der Waals surface area contributed by atoms with Crippen molar-refractivity contribution in [3.05, 3.63) is 54.1 Å². The molecule has 0 bridgehead atoms. The molecule has 4 nitrogen and oxygen atoms in total. The molecule has 0 fully saturated rings. The fraction of sp³-hybridized carbons (Fsp3) is 0.143. The van der Waals surface area contributed by atoms with Crippen LogP contribution in [0.25, 0.3) is 6.08 Å². The van der Waals surface area contributed by atoms with Crippen molar-refractivity contribution in [3.8, 4) is 0 Å². The highest BCUT2D eigenvalue weighted by Crippen LogP contribution is 2.08. The second-order valence-electron chi connectivity index (χ2n) is 3.90. The molecule has 0 aliphatic rings. The van der Waals surface area contributed by atoms with E-state index in [1.165, 1.54) is 6.08 Å². The third kappa shape index (κ3) is 2.66. The number of rotatable bonds is 4. The van der Waals surface area contributed by atoms with Crippen LogP contribution in [0.2, 0.25) is 0 Å². The maximum atomic E-state index is 11.9. The Bertz CT molecular complexity index is 567. The van der Waals surface area contributed by atoms with E-state index in [0.29, 0.717) is 11.5 Å². The van der Waals surface area contributed by atoms with Gasteiger partial charge in [-0.2, -0.15) is 0 Å². The first kappa shape index (κ1) is 12.1. The molecule has 2 rings (SSSR count). The average Bonchev–Trinajstić information content (AvgIpc) is 2.86. The summed E-state index contributed by atoms with van der Waals surface area (Å²) in [6.45, 7) is 2.71. The molecule has 0 aliphatic carbocycles. The number of nitrogen functional groups attached to an aromatic ring is 1. The molecular weight excluding hydrogens is 226 g/mol. The molecule has 18 heavy (non-hydrogen) atoms. The number of aryl methyl sites for hydroxylation is 1. The van der Waals surface area contributed by atoms with Crippen LogP contribution < -0.4 is 5.73 Å². The van der Waals surface area contributed by atoms with E-state index < -0.39 is 0 Å². The van der Waals surface area contributed by atoms with Gasteiger partial charge in [0.2, 0.25) is 5.78 Å². The van der Waals surface area contributed by atoms with Gasteiger partial charge in [-0.05, 0) is 30.7 Å². The highest BCUT2D eigenvalue weighted by molar-refractivity contribution is 6.04. The lowest BCUT2D eigenvalue weighted by Gasteiger charge is -2.00. The van der Waals surface area contributed by atoms with Crippen LogP contribution in [0, 0.1) is 0 Å². The molecule has 0 saturated heterocycles. The zero-order valence-corrected chi connectivity index (χ0v) is 10.2. The van der Waals surface area contributed by atoms with Crippen LogP contribution in [-0.4, -0.2) is 15.3 Å². The van der Waals surface area contributed by atoms with Crippen molar-refractivity contribution >= 4 is 17.5 Å². The van der Waals surface area contributed by atoms with Crippen LogP contribution in [0.5, 0.6) is 0 Å². The normalized spacial score (nSPS) is 10.9. The number of anilines is 1. The highest BCUT2D eigenvalue weighted by Gasteiger charge is 2.07. The van der Waals surface area contributed by atoms with Crippen molar-refractivity contribution in [1.29, 1.82) is 0 Å². The summed E-state index contributed by atoms with van der Waals surface area (Å²) in [4.78, 5) is 16.0. The number of allylic oxidation sites excluding steroid dienone is 1. The van der Waals surface area contributed by atoms with Crippen LogP contribution in [0.3, 0.4) is 0 Å². The van der Waals surface area contributed by atoms with E-state index >= 15 is 0 Å². The van der Waals surface area contributed by atoms with Crippen LogP contribution >= 0.6 is 0 Å². The molecule has 2 aromatic rings. The van der Waals surface area contributed by atoms with Gasteiger partial charge in [-0.1, -0.05) is 18.2 Å². The number of ketones is 1. The Kier molecular flexibility index (Phi) is 3.57. The molecular formula is C14H15N3O. The fourth-order valence-corrected chi connectivity index (χ4v) is 1.64. The smallest absolute Gasteiger partial charge is 0.221 e. The van der Waals surface area contributed by atoms with Crippen LogP contribution in [0.1, 0.15) is 23.1 Å². The highest BCUT2D eigenvalue weighted by atomic mass is 16.1. The third-order valence-electron chi connectivity index (χ3n) is 2.64. The second kappa shape index (κ2) is 5.31. The first-order valence-electron chi connectivity index (χ1n) is 5.80. The van der Waals surface area contributed by atoms with Crippen molar-refractivity contribution in [1.82, 2.24) is 9.55 Å². The summed E-state index contributed by atoms with van der Waals surface area (Å²) in [5, 5.41) is 0. The topological polar surface area (TPSA) is 60.9 Å². The predicted molar refractivity (Wildman–Crippen MR) is 72.1 cm³/mol. The van der Waals surface area contributed by atoms with Gasteiger partial charge < -0.3 is 10.3 Å². The first-order chi connectivity index (χ1) is 8.70. The number of carbonyl (C=O) groups excluding carboxylic acids is 1. The summed E-state index contributed by atoms with van der Waals surface area (Å²) in [6, 6.07) is 7.34. The number of benzene rings is 1. The van der Waals surface area contributed by atoms with E-state index in [9.17, 15) is 4.79 Å². The lowest BCUT2D eigenvalue weighted by Crippen LogP contribution is -2.06. The summed E-state index contributed by atoms with van der Waals surface area (Å²) < 4.78 is 1.82. The lowest BCUT2D eigenvalue weighted by molar-refractivity contribution is 0.103. The Morgan fingerprint density at radius 2 is 2.11 bits per heavy atom. The number of hydrogen-bond acceptors (Lipinski definition) is 3. The predicted octanol–water partition coefficient (Wildman–Crippen LogP) is 2.38. The van der Waals surface area contributed by atoms with E-state index in [0.717, 1.165) is 12.1 Å². The van der Waals surface area contributed by atoms with Gasteiger partial charge in [-0.25, -0.2) is 4.98 Å². The molecule has 2 N–H and O–H groups in total. The molecule has 1 aromatic heterocycles. The molecule has 4 heteroatoms. The number of imidazole rings is 1. The van der Waals surface area contributed by atoms with E-state index in [1.54, 1.807) is 30.6 Å². The van der Waals surface area contributed by atoms with Gasteiger partial charge >= 0.3 is 0 Å². The molecule has 0 unspecified atom stereocenters. The Hall–Kier alpha value is -2.36. The van der Waals surface area contributed by atoms with E-state index in [1.807, 2.05) is 23.6 Å². The minimum absolute atomic E-state index is 0.0984. The standard InChI is InChI=1S/C14H15N3O/c1-2-17-10-9-16-14(17)13(18)8-5-11-3-6-12(15)7-4-11/h3-10H,2,15H2,1H3/b8-5+. The van der Waals surface area contributed by atoms with Gasteiger partial charge in [0.1, 0.15) is 0 Å². The maximum absolute atomic E-state index is 11.9. The zero-order valence-electron chi connectivity index (χ0n) is 10.2. The summed E-state index contributed by atoms with van der Waals surface area (Å²) in [7, 11) is 0.